The minimum Gasteiger partial charge on any atom is -0.469 e. The third kappa shape index (κ3) is 4.42. The van der Waals surface area contributed by atoms with Crippen molar-refractivity contribution in [2.24, 2.45) is 5.92 Å². The second-order valence-electron chi connectivity index (χ2n) is 6.73. The van der Waals surface area contributed by atoms with Gasteiger partial charge in [-0.2, -0.15) is 5.10 Å². The molecule has 7 heteroatoms. The largest absolute Gasteiger partial charge is 0.469 e. The lowest BCUT2D eigenvalue weighted by Crippen LogP contribution is -2.35. The summed E-state index contributed by atoms with van der Waals surface area (Å²) in [6.07, 6.45) is 8.61. The van der Waals surface area contributed by atoms with Crippen LogP contribution in [0.5, 0.6) is 0 Å². The fourth-order valence-corrected chi connectivity index (χ4v) is 3.33. The van der Waals surface area contributed by atoms with Crippen LogP contribution in [0, 0.1) is 12.8 Å². The molecule has 1 aliphatic rings. The lowest BCUT2D eigenvalue weighted by atomic mass is 10.1. The topological polar surface area (TPSA) is 92.3 Å². The first kappa shape index (κ1) is 17.5. The number of furan rings is 1. The SMILES string of the molecule is Cc1cnn(C2CCCC2)c1NC(=O)NC[C@H](CO)Cc1ccco1. The summed E-state index contributed by atoms with van der Waals surface area (Å²) in [5.74, 6) is 1.48. The highest BCUT2D eigenvalue weighted by Gasteiger charge is 2.22. The van der Waals surface area contributed by atoms with E-state index in [-0.39, 0.29) is 18.6 Å². The van der Waals surface area contributed by atoms with Crippen LogP contribution in [0.15, 0.2) is 29.0 Å². The minimum atomic E-state index is -0.277. The van der Waals surface area contributed by atoms with E-state index in [2.05, 4.69) is 15.7 Å². The number of carbonyl (C=O) groups excluding carboxylic acids is 1. The van der Waals surface area contributed by atoms with Crippen molar-refractivity contribution < 1.29 is 14.3 Å². The van der Waals surface area contributed by atoms with Gasteiger partial charge in [-0.1, -0.05) is 12.8 Å². The van der Waals surface area contributed by atoms with Crippen molar-refractivity contribution in [3.8, 4) is 0 Å². The predicted molar refractivity (Wildman–Crippen MR) is 94.5 cm³/mol. The van der Waals surface area contributed by atoms with Crippen LogP contribution in [0.2, 0.25) is 0 Å². The quantitative estimate of drug-likeness (QED) is 0.719. The van der Waals surface area contributed by atoms with E-state index in [1.54, 1.807) is 12.5 Å². The zero-order chi connectivity index (χ0) is 17.6. The summed E-state index contributed by atoms with van der Waals surface area (Å²) in [4.78, 5) is 12.3. The molecule has 0 unspecified atom stereocenters. The molecule has 0 spiro atoms. The lowest BCUT2D eigenvalue weighted by molar-refractivity contribution is 0.213. The van der Waals surface area contributed by atoms with Crippen LogP contribution in [-0.2, 0) is 6.42 Å². The Kier molecular flexibility index (Phi) is 5.75. The van der Waals surface area contributed by atoms with Gasteiger partial charge in [0.2, 0.25) is 0 Å². The third-order valence-electron chi connectivity index (χ3n) is 4.76. The number of hydrogen-bond acceptors (Lipinski definition) is 4. The van der Waals surface area contributed by atoms with Gasteiger partial charge in [0.15, 0.2) is 0 Å². The van der Waals surface area contributed by atoms with Gasteiger partial charge in [-0.05, 0) is 31.9 Å². The van der Waals surface area contributed by atoms with Crippen molar-refractivity contribution >= 4 is 11.8 Å². The molecule has 1 saturated carbocycles. The van der Waals surface area contributed by atoms with Crippen LogP contribution in [0.4, 0.5) is 10.6 Å². The Morgan fingerprint density at radius 2 is 2.28 bits per heavy atom. The molecule has 136 valence electrons. The van der Waals surface area contributed by atoms with Crippen LogP contribution >= 0.6 is 0 Å². The van der Waals surface area contributed by atoms with E-state index < -0.39 is 0 Å². The summed E-state index contributed by atoms with van der Waals surface area (Å²) >= 11 is 0. The standard InChI is InChI=1S/C18H26N4O3/c1-13-10-20-22(15-5-2-3-6-15)17(13)21-18(24)19-11-14(12-23)9-16-7-4-8-25-16/h4,7-8,10,14-15,23H,2-3,5-6,9,11-12H2,1H3,(H2,19,21,24)/t14-/m1/s1. The Morgan fingerprint density at radius 1 is 1.48 bits per heavy atom. The number of hydrogen-bond donors (Lipinski definition) is 3. The van der Waals surface area contributed by atoms with Crippen LogP contribution in [0.25, 0.3) is 0 Å². The van der Waals surface area contributed by atoms with Crippen molar-refractivity contribution in [1.29, 1.82) is 0 Å². The van der Waals surface area contributed by atoms with Crippen molar-refractivity contribution in [2.75, 3.05) is 18.5 Å². The zero-order valence-electron chi connectivity index (χ0n) is 14.6. The van der Waals surface area contributed by atoms with E-state index in [1.165, 1.54) is 12.8 Å². The first-order valence-electron chi connectivity index (χ1n) is 8.89. The molecule has 3 rings (SSSR count). The number of nitrogens with one attached hydrogen (secondary N) is 2. The van der Waals surface area contributed by atoms with Crippen LogP contribution in [0.1, 0.15) is 43.0 Å². The van der Waals surface area contributed by atoms with Crippen LogP contribution in [-0.4, -0.2) is 34.1 Å². The molecule has 1 atom stereocenters. The Labute approximate surface area is 147 Å². The molecule has 3 N–H and O–H groups in total. The van der Waals surface area contributed by atoms with Crippen molar-refractivity contribution in [1.82, 2.24) is 15.1 Å². The summed E-state index contributed by atoms with van der Waals surface area (Å²) in [6.45, 7) is 2.31. The summed E-state index contributed by atoms with van der Waals surface area (Å²) in [5.41, 5.74) is 0.955. The highest BCUT2D eigenvalue weighted by Crippen LogP contribution is 2.32. The maximum atomic E-state index is 12.3. The number of urea groups is 1. The summed E-state index contributed by atoms with van der Waals surface area (Å²) < 4.78 is 7.23. The van der Waals surface area contributed by atoms with E-state index in [4.69, 9.17) is 4.42 Å². The monoisotopic (exact) mass is 346 g/mol. The Morgan fingerprint density at radius 3 is 2.96 bits per heavy atom. The molecule has 0 aromatic carbocycles. The maximum absolute atomic E-state index is 12.3. The van der Waals surface area contributed by atoms with Gasteiger partial charge < -0.3 is 14.8 Å². The van der Waals surface area contributed by atoms with Crippen molar-refractivity contribution in [3.05, 3.63) is 35.9 Å². The lowest BCUT2D eigenvalue weighted by Gasteiger charge is -2.17. The normalized spacial score (nSPS) is 16.1. The van der Waals surface area contributed by atoms with E-state index in [1.807, 2.05) is 23.7 Å². The highest BCUT2D eigenvalue weighted by molar-refractivity contribution is 5.89. The summed E-state index contributed by atoms with van der Waals surface area (Å²) in [7, 11) is 0. The van der Waals surface area contributed by atoms with Gasteiger partial charge in [-0.3, -0.25) is 5.32 Å². The molecule has 0 radical (unpaired) electrons. The molecule has 25 heavy (non-hydrogen) atoms. The average molecular weight is 346 g/mol. The third-order valence-corrected chi connectivity index (χ3v) is 4.76. The molecule has 7 nitrogen and oxygen atoms in total. The second kappa shape index (κ2) is 8.20. The molecule has 1 aliphatic carbocycles. The zero-order valence-corrected chi connectivity index (χ0v) is 14.6. The number of aliphatic hydroxyl groups excluding tert-OH is 1. The highest BCUT2D eigenvalue weighted by atomic mass is 16.3. The molecule has 2 aromatic heterocycles. The van der Waals surface area contributed by atoms with E-state index >= 15 is 0 Å². The van der Waals surface area contributed by atoms with Gasteiger partial charge in [-0.15, -0.1) is 0 Å². The minimum absolute atomic E-state index is 0.0139. The molecular formula is C18H26N4O3. The molecule has 1 fully saturated rings. The van der Waals surface area contributed by atoms with Crippen LogP contribution in [0.3, 0.4) is 0 Å². The smallest absolute Gasteiger partial charge is 0.320 e. The predicted octanol–water partition coefficient (Wildman–Crippen LogP) is 2.87. The number of rotatable bonds is 7. The second-order valence-corrected chi connectivity index (χ2v) is 6.73. The molecular weight excluding hydrogens is 320 g/mol. The Balaban J connectivity index is 1.54. The van der Waals surface area contributed by atoms with Gasteiger partial charge in [0, 0.05) is 31.1 Å². The fourth-order valence-electron chi connectivity index (χ4n) is 3.33. The number of aryl methyl sites for hydroxylation is 1. The van der Waals surface area contributed by atoms with E-state index in [9.17, 15) is 9.90 Å². The first-order valence-corrected chi connectivity index (χ1v) is 8.89. The van der Waals surface area contributed by atoms with E-state index in [0.29, 0.717) is 19.0 Å². The summed E-state index contributed by atoms with van der Waals surface area (Å²) in [5, 5.41) is 19.7. The number of anilines is 1. The molecule has 2 aromatic rings. The molecule has 2 amide bonds. The first-order chi connectivity index (χ1) is 12.2. The molecule has 0 saturated heterocycles. The molecule has 0 aliphatic heterocycles. The van der Waals surface area contributed by atoms with Gasteiger partial charge >= 0.3 is 6.03 Å². The number of amides is 2. The van der Waals surface area contributed by atoms with E-state index in [0.717, 1.165) is 30.0 Å². The molecule has 0 bridgehead atoms. The number of aromatic nitrogens is 2. The van der Waals surface area contributed by atoms with Gasteiger partial charge in [-0.25, -0.2) is 9.48 Å². The Hall–Kier alpha value is -2.28. The van der Waals surface area contributed by atoms with Gasteiger partial charge in [0.05, 0.1) is 18.5 Å². The number of carbonyl (C=O) groups is 1. The van der Waals surface area contributed by atoms with Gasteiger partial charge in [0.1, 0.15) is 11.6 Å². The molecule has 2 heterocycles. The van der Waals surface area contributed by atoms with Gasteiger partial charge in [0.25, 0.3) is 0 Å². The Bertz CT molecular complexity index is 675. The summed E-state index contributed by atoms with van der Waals surface area (Å²) in [6, 6.07) is 3.78. The van der Waals surface area contributed by atoms with Crippen molar-refractivity contribution in [3.63, 3.8) is 0 Å². The van der Waals surface area contributed by atoms with Crippen molar-refractivity contribution in [2.45, 2.75) is 45.1 Å². The number of aliphatic hydroxyl groups is 1. The van der Waals surface area contributed by atoms with Crippen LogP contribution < -0.4 is 10.6 Å². The fraction of sp³-hybridized carbons (Fsp3) is 0.556. The average Bonchev–Trinajstić information content (AvgIpc) is 3.35. The maximum Gasteiger partial charge on any atom is 0.320 e. The number of nitrogens with zero attached hydrogens (tertiary/aromatic N) is 2.